The van der Waals surface area contributed by atoms with Crippen molar-refractivity contribution in [2.45, 2.75) is 0 Å². The van der Waals surface area contributed by atoms with Gasteiger partial charge < -0.3 is 5.32 Å². The van der Waals surface area contributed by atoms with Gasteiger partial charge in [-0.15, -0.1) is 0 Å². The van der Waals surface area contributed by atoms with E-state index in [0.717, 1.165) is 11.4 Å². The Morgan fingerprint density at radius 3 is 2.62 bits per heavy atom. The van der Waals surface area contributed by atoms with Gasteiger partial charge in [-0.25, -0.2) is 10.8 Å². The van der Waals surface area contributed by atoms with Crippen molar-refractivity contribution in [1.29, 1.82) is 0 Å². The molecule has 0 bridgehead atoms. The van der Waals surface area contributed by atoms with Crippen LogP contribution >= 0.6 is 11.3 Å². The standard InChI is InChI=1S/C11H12N4S/c12-15-11(14-10-6-7-16-8-10)13-9-4-2-1-3-5-9/h1-8H,12H2,(H2,13,14,15). The van der Waals surface area contributed by atoms with Gasteiger partial charge >= 0.3 is 0 Å². The lowest BCUT2D eigenvalue weighted by Gasteiger charge is -2.06. The van der Waals surface area contributed by atoms with Gasteiger partial charge in [0.15, 0.2) is 0 Å². The molecule has 0 aliphatic rings. The summed E-state index contributed by atoms with van der Waals surface area (Å²) in [5.74, 6) is 5.92. The van der Waals surface area contributed by atoms with Gasteiger partial charge in [-0.1, -0.05) is 18.2 Å². The number of aliphatic imine (C=N–C) groups is 1. The molecule has 0 aliphatic heterocycles. The lowest BCUT2D eigenvalue weighted by atomic mass is 10.3. The highest BCUT2D eigenvalue weighted by molar-refractivity contribution is 7.08. The highest BCUT2D eigenvalue weighted by Crippen LogP contribution is 2.13. The summed E-state index contributed by atoms with van der Waals surface area (Å²) in [6, 6.07) is 11.6. The number of benzene rings is 1. The molecular weight excluding hydrogens is 220 g/mol. The first-order chi connectivity index (χ1) is 7.88. The van der Waals surface area contributed by atoms with Crippen LogP contribution in [0, 0.1) is 0 Å². The van der Waals surface area contributed by atoms with Crippen LogP contribution in [0.3, 0.4) is 0 Å². The molecule has 0 aliphatic carbocycles. The van der Waals surface area contributed by atoms with E-state index >= 15 is 0 Å². The van der Waals surface area contributed by atoms with Gasteiger partial charge in [-0.05, 0) is 23.6 Å². The van der Waals surface area contributed by atoms with Crippen LogP contribution in [0.1, 0.15) is 0 Å². The molecule has 0 spiro atoms. The number of nitrogens with zero attached hydrogens (tertiary/aromatic N) is 1. The lowest BCUT2D eigenvalue weighted by molar-refractivity contribution is 1.02. The SMILES string of the molecule is NNC(=Nc1ccccc1)Nc1ccsc1. The van der Waals surface area contributed by atoms with Gasteiger partial charge in [0.1, 0.15) is 0 Å². The number of hydrogen-bond donors (Lipinski definition) is 3. The molecule has 1 aromatic carbocycles. The second-order valence-corrected chi connectivity index (χ2v) is 3.86. The van der Waals surface area contributed by atoms with Gasteiger partial charge in [-0.2, -0.15) is 11.3 Å². The number of anilines is 1. The molecule has 0 unspecified atom stereocenters. The van der Waals surface area contributed by atoms with Crippen molar-refractivity contribution < 1.29 is 0 Å². The predicted octanol–water partition coefficient (Wildman–Crippen LogP) is 2.31. The van der Waals surface area contributed by atoms with E-state index in [1.54, 1.807) is 11.3 Å². The summed E-state index contributed by atoms with van der Waals surface area (Å²) in [6.45, 7) is 0. The van der Waals surface area contributed by atoms with Crippen LogP contribution in [-0.4, -0.2) is 5.96 Å². The van der Waals surface area contributed by atoms with Gasteiger partial charge in [0.25, 0.3) is 0 Å². The normalized spacial score (nSPS) is 11.2. The van der Waals surface area contributed by atoms with Crippen molar-refractivity contribution in [3.63, 3.8) is 0 Å². The third-order valence-corrected chi connectivity index (χ3v) is 2.60. The molecule has 0 atom stereocenters. The van der Waals surface area contributed by atoms with E-state index in [9.17, 15) is 0 Å². The fourth-order valence-corrected chi connectivity index (χ4v) is 1.79. The predicted molar refractivity (Wildman–Crippen MR) is 68.8 cm³/mol. The average Bonchev–Trinajstić information content (AvgIpc) is 2.82. The van der Waals surface area contributed by atoms with Crippen LogP contribution in [0.15, 0.2) is 52.2 Å². The summed E-state index contributed by atoms with van der Waals surface area (Å²) in [7, 11) is 0. The Labute approximate surface area is 97.8 Å². The van der Waals surface area contributed by atoms with Gasteiger partial charge in [-0.3, -0.25) is 5.43 Å². The Morgan fingerprint density at radius 2 is 2.00 bits per heavy atom. The molecule has 0 saturated carbocycles. The molecule has 5 heteroatoms. The zero-order valence-corrected chi connectivity index (χ0v) is 9.37. The number of thiophene rings is 1. The smallest absolute Gasteiger partial charge is 0.215 e. The van der Waals surface area contributed by atoms with Gasteiger partial charge in [0.2, 0.25) is 5.96 Å². The third-order valence-electron chi connectivity index (χ3n) is 1.92. The van der Waals surface area contributed by atoms with E-state index in [2.05, 4.69) is 15.7 Å². The maximum Gasteiger partial charge on any atom is 0.215 e. The quantitative estimate of drug-likeness (QED) is 0.322. The van der Waals surface area contributed by atoms with Crippen molar-refractivity contribution in [2.24, 2.45) is 10.8 Å². The van der Waals surface area contributed by atoms with Gasteiger partial charge in [0, 0.05) is 5.38 Å². The summed E-state index contributed by atoms with van der Waals surface area (Å²) in [6.07, 6.45) is 0. The van der Waals surface area contributed by atoms with Crippen molar-refractivity contribution in [3.05, 3.63) is 47.2 Å². The van der Waals surface area contributed by atoms with Gasteiger partial charge in [0.05, 0.1) is 11.4 Å². The number of rotatable bonds is 2. The van der Waals surface area contributed by atoms with Crippen LogP contribution in [0.25, 0.3) is 0 Å². The van der Waals surface area contributed by atoms with Crippen LogP contribution < -0.4 is 16.6 Å². The zero-order valence-electron chi connectivity index (χ0n) is 8.55. The fraction of sp³-hybridized carbons (Fsp3) is 0. The molecule has 16 heavy (non-hydrogen) atoms. The summed E-state index contributed by atoms with van der Waals surface area (Å²) in [4.78, 5) is 4.33. The maximum absolute atomic E-state index is 5.40. The number of nitrogens with one attached hydrogen (secondary N) is 2. The van der Waals surface area contributed by atoms with Crippen LogP contribution in [0.5, 0.6) is 0 Å². The first-order valence-corrected chi connectivity index (χ1v) is 5.72. The Kier molecular flexibility index (Phi) is 3.53. The summed E-state index contributed by atoms with van der Waals surface area (Å²) in [5, 5.41) is 7.05. The number of hydrogen-bond acceptors (Lipinski definition) is 3. The number of nitrogens with two attached hydrogens (primary N) is 1. The van der Waals surface area contributed by atoms with Crippen LogP contribution in [-0.2, 0) is 0 Å². The van der Waals surface area contributed by atoms with E-state index < -0.39 is 0 Å². The molecular formula is C11H12N4S. The minimum Gasteiger partial charge on any atom is -0.324 e. The van der Waals surface area contributed by atoms with E-state index in [0.29, 0.717) is 5.96 Å². The second-order valence-electron chi connectivity index (χ2n) is 3.08. The Hall–Kier alpha value is -1.85. The van der Waals surface area contributed by atoms with Crippen molar-refractivity contribution in [1.82, 2.24) is 5.43 Å². The molecule has 4 N–H and O–H groups in total. The fourth-order valence-electron chi connectivity index (χ4n) is 1.20. The molecule has 1 aromatic heterocycles. The second kappa shape index (κ2) is 5.29. The molecule has 2 aromatic rings. The number of guanidine groups is 1. The maximum atomic E-state index is 5.40. The number of hydrazine groups is 1. The molecule has 0 fully saturated rings. The number of para-hydroxylation sites is 1. The summed E-state index contributed by atoms with van der Waals surface area (Å²) < 4.78 is 0. The minimum absolute atomic E-state index is 0.518. The Morgan fingerprint density at radius 1 is 1.19 bits per heavy atom. The van der Waals surface area contributed by atoms with E-state index in [4.69, 9.17) is 5.84 Å². The van der Waals surface area contributed by atoms with Crippen molar-refractivity contribution >= 4 is 28.7 Å². The lowest BCUT2D eigenvalue weighted by Crippen LogP contribution is -2.35. The van der Waals surface area contributed by atoms with Crippen LogP contribution in [0.2, 0.25) is 0 Å². The molecule has 0 amide bonds. The average molecular weight is 232 g/mol. The summed E-state index contributed by atoms with van der Waals surface area (Å²) >= 11 is 1.61. The Bertz CT molecular complexity index is 450. The monoisotopic (exact) mass is 232 g/mol. The van der Waals surface area contributed by atoms with E-state index in [1.807, 2.05) is 47.2 Å². The summed E-state index contributed by atoms with van der Waals surface area (Å²) in [5.41, 5.74) is 4.35. The molecule has 0 saturated heterocycles. The van der Waals surface area contributed by atoms with E-state index in [-0.39, 0.29) is 0 Å². The Balaban J connectivity index is 2.14. The highest BCUT2D eigenvalue weighted by Gasteiger charge is 1.98. The highest BCUT2D eigenvalue weighted by atomic mass is 32.1. The molecule has 4 nitrogen and oxygen atoms in total. The third kappa shape index (κ3) is 2.82. The largest absolute Gasteiger partial charge is 0.324 e. The minimum atomic E-state index is 0.518. The molecule has 1 heterocycles. The molecule has 2 rings (SSSR count). The van der Waals surface area contributed by atoms with Crippen LogP contribution in [0.4, 0.5) is 11.4 Å². The van der Waals surface area contributed by atoms with Crippen molar-refractivity contribution in [3.8, 4) is 0 Å². The first kappa shape index (κ1) is 10.7. The topological polar surface area (TPSA) is 62.4 Å². The first-order valence-electron chi connectivity index (χ1n) is 4.78. The van der Waals surface area contributed by atoms with Crippen molar-refractivity contribution in [2.75, 3.05) is 5.32 Å². The zero-order chi connectivity index (χ0) is 11.2. The van der Waals surface area contributed by atoms with E-state index in [1.165, 1.54) is 0 Å². The molecule has 0 radical (unpaired) electrons. The molecule has 82 valence electrons.